The lowest BCUT2D eigenvalue weighted by Gasteiger charge is -2.11. The summed E-state index contributed by atoms with van der Waals surface area (Å²) in [6.07, 6.45) is -0.0118. The maximum atomic E-state index is 10.8. The van der Waals surface area contributed by atoms with Crippen LogP contribution in [0.1, 0.15) is 13.3 Å². The molecule has 1 unspecified atom stereocenters. The van der Waals surface area contributed by atoms with Crippen LogP contribution in [0.4, 0.5) is 11.4 Å². The van der Waals surface area contributed by atoms with Crippen LogP contribution in [0, 0.1) is 10.1 Å². The van der Waals surface area contributed by atoms with E-state index in [0.29, 0.717) is 10.9 Å². The predicted molar refractivity (Wildman–Crippen MR) is 67.2 cm³/mol. The fourth-order valence-corrected chi connectivity index (χ4v) is 1.56. The van der Waals surface area contributed by atoms with E-state index in [4.69, 9.17) is 0 Å². The highest BCUT2D eigenvalue weighted by molar-refractivity contribution is 9.10. The number of hydrogen-bond acceptors (Lipinski definition) is 5. The number of aliphatic hydroxyl groups excluding tert-OH is 1. The number of aliphatic hydroxyl groups is 1. The van der Waals surface area contributed by atoms with Crippen LogP contribution in [0.2, 0.25) is 0 Å². The Morgan fingerprint density at radius 2 is 2.24 bits per heavy atom. The number of anilines is 1. The molecule has 0 bridgehead atoms. The fourth-order valence-electron chi connectivity index (χ4n) is 1.22. The van der Waals surface area contributed by atoms with Crippen molar-refractivity contribution in [1.82, 2.24) is 0 Å². The van der Waals surface area contributed by atoms with Crippen molar-refractivity contribution in [1.29, 1.82) is 0 Å². The molecule has 0 aliphatic rings. The zero-order chi connectivity index (χ0) is 13.0. The number of aromatic hydroxyl groups is 1. The second kappa shape index (κ2) is 5.83. The van der Waals surface area contributed by atoms with Gasteiger partial charge in [0.25, 0.3) is 5.69 Å². The van der Waals surface area contributed by atoms with E-state index < -0.39 is 11.0 Å². The van der Waals surface area contributed by atoms with Gasteiger partial charge < -0.3 is 15.5 Å². The zero-order valence-electron chi connectivity index (χ0n) is 9.18. The van der Waals surface area contributed by atoms with Gasteiger partial charge in [-0.2, -0.15) is 0 Å². The second-order valence-corrected chi connectivity index (χ2v) is 4.38. The Bertz CT molecular complexity index is 425. The first-order valence-corrected chi connectivity index (χ1v) is 5.83. The fraction of sp³-hybridized carbons (Fsp3) is 0.400. The van der Waals surface area contributed by atoms with Crippen LogP contribution in [-0.2, 0) is 0 Å². The lowest BCUT2D eigenvalue weighted by Crippen LogP contribution is -2.18. The molecule has 6 nitrogen and oxygen atoms in total. The molecule has 0 fully saturated rings. The Morgan fingerprint density at radius 1 is 1.59 bits per heavy atom. The first-order chi connectivity index (χ1) is 7.95. The smallest absolute Gasteiger partial charge is 0.296 e. The molecule has 7 heteroatoms. The van der Waals surface area contributed by atoms with Crippen molar-refractivity contribution in [3.63, 3.8) is 0 Å². The van der Waals surface area contributed by atoms with Gasteiger partial charge in [-0.15, -0.1) is 0 Å². The Labute approximate surface area is 107 Å². The Hall–Kier alpha value is -1.34. The number of rotatable bonds is 5. The SMILES string of the molecule is CCC(O)CNc1cc(Br)c(O)cc1[N+](=O)[O-]. The molecule has 0 heterocycles. The molecule has 17 heavy (non-hydrogen) atoms. The maximum absolute atomic E-state index is 10.8. The van der Waals surface area contributed by atoms with Crippen molar-refractivity contribution < 1.29 is 15.1 Å². The van der Waals surface area contributed by atoms with Crippen LogP contribution < -0.4 is 5.32 Å². The van der Waals surface area contributed by atoms with Crippen molar-refractivity contribution in [2.24, 2.45) is 0 Å². The van der Waals surface area contributed by atoms with Gasteiger partial charge in [0.1, 0.15) is 11.4 Å². The highest BCUT2D eigenvalue weighted by Crippen LogP contribution is 2.35. The average Bonchev–Trinajstić information content (AvgIpc) is 2.29. The summed E-state index contributed by atoms with van der Waals surface area (Å²) < 4.78 is 0.358. The summed E-state index contributed by atoms with van der Waals surface area (Å²) in [6.45, 7) is 2.03. The number of nitro groups is 1. The van der Waals surface area contributed by atoms with Gasteiger partial charge in [0.15, 0.2) is 0 Å². The minimum absolute atomic E-state index is 0.196. The van der Waals surface area contributed by atoms with Gasteiger partial charge in [0.05, 0.1) is 21.6 Å². The van der Waals surface area contributed by atoms with E-state index in [1.165, 1.54) is 6.07 Å². The van der Waals surface area contributed by atoms with Gasteiger partial charge in [0, 0.05) is 6.54 Å². The highest BCUT2D eigenvalue weighted by Gasteiger charge is 2.17. The number of hydrogen-bond donors (Lipinski definition) is 3. The van der Waals surface area contributed by atoms with Crippen LogP contribution in [-0.4, -0.2) is 27.8 Å². The van der Waals surface area contributed by atoms with E-state index in [1.54, 1.807) is 0 Å². The second-order valence-electron chi connectivity index (χ2n) is 3.52. The number of halogens is 1. The van der Waals surface area contributed by atoms with Crippen LogP contribution >= 0.6 is 15.9 Å². The number of benzene rings is 1. The molecule has 0 saturated heterocycles. The van der Waals surface area contributed by atoms with Crippen LogP contribution in [0.5, 0.6) is 5.75 Å². The van der Waals surface area contributed by atoms with Crippen molar-refractivity contribution in [2.75, 3.05) is 11.9 Å². The lowest BCUT2D eigenvalue weighted by molar-refractivity contribution is -0.384. The van der Waals surface area contributed by atoms with E-state index in [9.17, 15) is 20.3 Å². The third kappa shape index (κ3) is 3.57. The molecule has 0 aliphatic heterocycles. The summed E-state index contributed by atoms with van der Waals surface area (Å²) in [5, 5.41) is 32.3. The molecular formula is C10H13BrN2O4. The van der Waals surface area contributed by atoms with Gasteiger partial charge in [-0.1, -0.05) is 6.92 Å². The molecule has 0 radical (unpaired) electrons. The normalized spacial score (nSPS) is 12.2. The molecule has 1 rings (SSSR count). The number of nitro benzene ring substituents is 1. The first kappa shape index (κ1) is 13.7. The topological polar surface area (TPSA) is 95.6 Å². The number of phenolic OH excluding ortho intramolecular Hbond substituents is 1. The minimum Gasteiger partial charge on any atom is -0.507 e. The summed E-state index contributed by atoms with van der Waals surface area (Å²) in [5.41, 5.74) is 0.0289. The molecule has 94 valence electrons. The predicted octanol–water partition coefficient (Wildman–Crippen LogP) is 2.25. The molecule has 1 atom stereocenters. The first-order valence-electron chi connectivity index (χ1n) is 5.04. The van der Waals surface area contributed by atoms with Crippen molar-refractivity contribution in [3.05, 3.63) is 26.7 Å². The average molecular weight is 305 g/mol. The Balaban J connectivity index is 2.96. The van der Waals surface area contributed by atoms with Crippen molar-refractivity contribution in [2.45, 2.75) is 19.4 Å². The van der Waals surface area contributed by atoms with Gasteiger partial charge in [-0.05, 0) is 28.4 Å². The van der Waals surface area contributed by atoms with E-state index in [1.807, 2.05) is 6.92 Å². The number of nitrogens with one attached hydrogen (secondary N) is 1. The van der Waals surface area contributed by atoms with Crippen molar-refractivity contribution >= 4 is 27.3 Å². The monoisotopic (exact) mass is 304 g/mol. The number of phenols is 1. The van der Waals surface area contributed by atoms with Crippen LogP contribution in [0.15, 0.2) is 16.6 Å². The zero-order valence-corrected chi connectivity index (χ0v) is 10.8. The molecule has 0 spiro atoms. The van der Waals surface area contributed by atoms with Gasteiger partial charge in [0.2, 0.25) is 0 Å². The largest absolute Gasteiger partial charge is 0.507 e. The molecule has 3 N–H and O–H groups in total. The molecule has 0 saturated carbocycles. The van der Waals surface area contributed by atoms with Gasteiger partial charge in [-0.25, -0.2) is 0 Å². The summed E-state index contributed by atoms with van der Waals surface area (Å²) in [6, 6.07) is 2.47. The van der Waals surface area contributed by atoms with E-state index in [-0.39, 0.29) is 23.7 Å². The van der Waals surface area contributed by atoms with Crippen LogP contribution in [0.25, 0.3) is 0 Å². The Morgan fingerprint density at radius 3 is 2.76 bits per heavy atom. The van der Waals surface area contributed by atoms with E-state index >= 15 is 0 Å². The molecule has 1 aromatic carbocycles. The summed E-state index contributed by atoms with van der Waals surface area (Å²) >= 11 is 3.08. The highest BCUT2D eigenvalue weighted by atomic mass is 79.9. The van der Waals surface area contributed by atoms with Gasteiger partial charge in [-0.3, -0.25) is 10.1 Å². The molecule has 1 aromatic rings. The third-order valence-electron chi connectivity index (χ3n) is 2.26. The molecular weight excluding hydrogens is 292 g/mol. The number of nitrogens with zero attached hydrogens (tertiary/aromatic N) is 1. The standard InChI is InChI=1S/C10H13BrN2O4/c1-2-6(14)5-12-8-3-7(11)10(15)4-9(8)13(16)17/h3-4,6,12,14-15H,2,5H2,1H3. The van der Waals surface area contributed by atoms with Gasteiger partial charge >= 0.3 is 0 Å². The molecule has 0 amide bonds. The third-order valence-corrected chi connectivity index (χ3v) is 2.90. The maximum Gasteiger partial charge on any atom is 0.296 e. The lowest BCUT2D eigenvalue weighted by atomic mass is 10.2. The quantitative estimate of drug-likeness (QED) is 0.440. The Kier molecular flexibility index (Phi) is 4.71. The summed E-state index contributed by atoms with van der Waals surface area (Å²) in [7, 11) is 0. The minimum atomic E-state index is -0.590. The van der Waals surface area contributed by atoms with Crippen molar-refractivity contribution in [3.8, 4) is 5.75 Å². The molecule has 0 aromatic heterocycles. The van der Waals surface area contributed by atoms with E-state index in [2.05, 4.69) is 21.2 Å². The summed E-state index contributed by atoms with van der Waals surface area (Å²) in [5.74, 6) is -0.196. The van der Waals surface area contributed by atoms with Crippen LogP contribution in [0.3, 0.4) is 0 Å². The molecule has 0 aliphatic carbocycles. The summed E-state index contributed by atoms with van der Waals surface area (Å²) in [4.78, 5) is 10.2. The van der Waals surface area contributed by atoms with E-state index in [0.717, 1.165) is 6.07 Å².